The lowest BCUT2D eigenvalue weighted by Crippen LogP contribution is -2.32. The van der Waals surface area contributed by atoms with Gasteiger partial charge < -0.3 is 14.8 Å². The molecule has 0 unspecified atom stereocenters. The van der Waals surface area contributed by atoms with Crippen LogP contribution in [-0.2, 0) is 9.59 Å². The number of hydrazone groups is 1. The van der Waals surface area contributed by atoms with Crippen molar-refractivity contribution in [3.8, 4) is 11.5 Å². The Morgan fingerprint density at radius 1 is 0.921 bits per heavy atom. The molecule has 0 bridgehead atoms. The maximum atomic E-state index is 12.8. The van der Waals surface area contributed by atoms with Gasteiger partial charge in [-0.05, 0) is 66.2 Å². The third-order valence-corrected chi connectivity index (χ3v) is 5.82. The van der Waals surface area contributed by atoms with Crippen molar-refractivity contribution in [1.82, 2.24) is 5.43 Å². The molecule has 8 nitrogen and oxygen atoms in total. The fraction of sp³-hybridized carbons (Fsp3) is 0.0714. The summed E-state index contributed by atoms with van der Waals surface area (Å²) >= 11 is 12.1. The van der Waals surface area contributed by atoms with Crippen LogP contribution in [0.25, 0.3) is 10.8 Å². The van der Waals surface area contributed by atoms with Crippen molar-refractivity contribution in [3.05, 3.63) is 100 Å². The van der Waals surface area contributed by atoms with Gasteiger partial charge in [-0.2, -0.15) is 5.10 Å². The van der Waals surface area contributed by atoms with Crippen molar-refractivity contribution < 1.29 is 23.9 Å². The van der Waals surface area contributed by atoms with E-state index in [-0.39, 0.29) is 16.3 Å². The van der Waals surface area contributed by atoms with E-state index in [1.165, 1.54) is 24.4 Å². The molecular weight excluding hydrogens is 529 g/mol. The topological polar surface area (TPSA) is 106 Å². The highest BCUT2D eigenvalue weighted by Crippen LogP contribution is 2.29. The van der Waals surface area contributed by atoms with Gasteiger partial charge in [0, 0.05) is 16.3 Å². The Morgan fingerprint density at radius 3 is 2.42 bits per heavy atom. The molecule has 2 N–H and O–H groups in total. The molecule has 0 fully saturated rings. The summed E-state index contributed by atoms with van der Waals surface area (Å²) in [6, 6.07) is 21.7. The second-order valence-corrected chi connectivity index (χ2v) is 8.67. The Labute approximate surface area is 228 Å². The highest BCUT2D eigenvalue weighted by atomic mass is 35.5. The first-order valence-electron chi connectivity index (χ1n) is 11.4. The summed E-state index contributed by atoms with van der Waals surface area (Å²) in [5.41, 5.74) is 3.15. The standard InChI is InChI=1S/C28H21Cl2N3O5/c1-2-37-20-11-9-19(10-12-20)32-26(34)27(35)33-31-16-23-21-6-4-3-5-17(21)7-14-25(23)38-28(36)22-13-8-18(29)15-24(22)30/h3-16H,2H2,1H3,(H,32,34)(H,33,35)/b31-16+. The van der Waals surface area contributed by atoms with E-state index in [4.69, 9.17) is 32.7 Å². The van der Waals surface area contributed by atoms with Gasteiger partial charge in [-0.1, -0.05) is 53.5 Å². The number of hydrogen-bond donors (Lipinski definition) is 2. The van der Waals surface area contributed by atoms with E-state index < -0.39 is 17.8 Å². The molecule has 0 atom stereocenters. The normalized spacial score (nSPS) is 10.8. The number of hydrogen-bond acceptors (Lipinski definition) is 6. The first kappa shape index (κ1) is 26.7. The van der Waals surface area contributed by atoms with E-state index in [9.17, 15) is 14.4 Å². The summed E-state index contributed by atoms with van der Waals surface area (Å²) < 4.78 is 11.0. The zero-order chi connectivity index (χ0) is 27.1. The van der Waals surface area contributed by atoms with Crippen LogP contribution in [0.1, 0.15) is 22.8 Å². The van der Waals surface area contributed by atoms with Gasteiger partial charge in [-0.15, -0.1) is 0 Å². The molecule has 0 spiro atoms. The van der Waals surface area contributed by atoms with Crippen LogP contribution in [0.2, 0.25) is 10.0 Å². The molecule has 0 heterocycles. The molecule has 38 heavy (non-hydrogen) atoms. The van der Waals surface area contributed by atoms with E-state index in [2.05, 4.69) is 15.8 Å². The molecule has 0 radical (unpaired) electrons. The van der Waals surface area contributed by atoms with Crippen molar-refractivity contribution in [2.24, 2.45) is 5.10 Å². The maximum Gasteiger partial charge on any atom is 0.345 e. The Hall–Kier alpha value is -4.40. The van der Waals surface area contributed by atoms with Crippen molar-refractivity contribution in [2.75, 3.05) is 11.9 Å². The number of carbonyl (C=O) groups excluding carboxylic acids is 3. The van der Waals surface area contributed by atoms with Crippen LogP contribution >= 0.6 is 23.2 Å². The van der Waals surface area contributed by atoms with Gasteiger partial charge in [0.15, 0.2) is 0 Å². The Kier molecular flexibility index (Phi) is 8.58. The summed E-state index contributed by atoms with van der Waals surface area (Å²) in [7, 11) is 0. The van der Waals surface area contributed by atoms with Crippen LogP contribution in [-0.4, -0.2) is 30.6 Å². The number of anilines is 1. The van der Waals surface area contributed by atoms with Crippen LogP contribution in [0.15, 0.2) is 84.0 Å². The predicted octanol–water partition coefficient (Wildman–Crippen LogP) is 5.85. The summed E-state index contributed by atoms with van der Waals surface area (Å²) in [6.45, 7) is 2.37. The molecule has 4 rings (SSSR count). The molecule has 192 valence electrons. The first-order chi connectivity index (χ1) is 18.4. The van der Waals surface area contributed by atoms with E-state index in [1.54, 1.807) is 36.4 Å². The minimum Gasteiger partial charge on any atom is -0.494 e. The quantitative estimate of drug-likeness (QED) is 0.0987. The molecule has 0 aliphatic heterocycles. The number of halogens is 2. The van der Waals surface area contributed by atoms with Gasteiger partial charge >= 0.3 is 17.8 Å². The number of esters is 1. The van der Waals surface area contributed by atoms with Crippen LogP contribution in [0.5, 0.6) is 11.5 Å². The fourth-order valence-electron chi connectivity index (χ4n) is 3.50. The second-order valence-electron chi connectivity index (χ2n) is 7.82. The second kappa shape index (κ2) is 12.2. The van der Waals surface area contributed by atoms with Gasteiger partial charge in [0.1, 0.15) is 11.5 Å². The number of carbonyl (C=O) groups is 3. The minimum absolute atomic E-state index is 0.131. The number of fused-ring (bicyclic) bond motifs is 1. The van der Waals surface area contributed by atoms with Gasteiger partial charge in [-0.3, -0.25) is 9.59 Å². The van der Waals surface area contributed by atoms with Crippen LogP contribution in [0, 0.1) is 0 Å². The van der Waals surface area contributed by atoms with Crippen LogP contribution in [0.4, 0.5) is 5.69 Å². The van der Waals surface area contributed by atoms with Crippen LogP contribution < -0.4 is 20.2 Å². The van der Waals surface area contributed by atoms with Gasteiger partial charge in [0.25, 0.3) is 0 Å². The molecule has 0 aromatic heterocycles. The molecule has 0 saturated heterocycles. The summed E-state index contributed by atoms with van der Waals surface area (Å²) in [5.74, 6) is -1.77. The first-order valence-corrected chi connectivity index (χ1v) is 12.2. The molecule has 10 heteroatoms. The lowest BCUT2D eigenvalue weighted by Gasteiger charge is -2.11. The zero-order valence-electron chi connectivity index (χ0n) is 20.0. The van der Waals surface area contributed by atoms with Crippen LogP contribution in [0.3, 0.4) is 0 Å². The van der Waals surface area contributed by atoms with E-state index in [0.29, 0.717) is 34.0 Å². The SMILES string of the molecule is CCOc1ccc(NC(=O)C(=O)N/N=C/c2c(OC(=O)c3ccc(Cl)cc3Cl)ccc3ccccc23)cc1. The largest absolute Gasteiger partial charge is 0.494 e. The third-order valence-electron chi connectivity index (χ3n) is 5.27. The monoisotopic (exact) mass is 549 g/mol. The third kappa shape index (κ3) is 6.47. The molecule has 0 saturated carbocycles. The van der Waals surface area contributed by atoms with Crippen molar-refractivity contribution >= 4 is 63.7 Å². The minimum atomic E-state index is -0.984. The molecule has 4 aromatic carbocycles. The number of nitrogens with zero attached hydrogens (tertiary/aromatic N) is 1. The Balaban J connectivity index is 1.51. The molecule has 4 aromatic rings. The summed E-state index contributed by atoms with van der Waals surface area (Å²) in [6.07, 6.45) is 1.30. The maximum absolute atomic E-state index is 12.8. The van der Waals surface area contributed by atoms with Gasteiger partial charge in [-0.25, -0.2) is 10.2 Å². The fourth-order valence-corrected chi connectivity index (χ4v) is 3.99. The number of amides is 2. The molecule has 0 aliphatic rings. The zero-order valence-corrected chi connectivity index (χ0v) is 21.5. The van der Waals surface area contributed by atoms with Crippen molar-refractivity contribution in [1.29, 1.82) is 0 Å². The summed E-state index contributed by atoms with van der Waals surface area (Å²) in [4.78, 5) is 37.4. The average molecular weight is 550 g/mol. The lowest BCUT2D eigenvalue weighted by molar-refractivity contribution is -0.136. The van der Waals surface area contributed by atoms with Gasteiger partial charge in [0.05, 0.1) is 23.4 Å². The average Bonchev–Trinajstić information content (AvgIpc) is 2.90. The van der Waals surface area contributed by atoms with E-state index in [0.717, 1.165) is 5.39 Å². The molecular formula is C28H21Cl2N3O5. The number of rotatable bonds is 7. The van der Waals surface area contributed by atoms with Crippen molar-refractivity contribution in [3.63, 3.8) is 0 Å². The highest BCUT2D eigenvalue weighted by molar-refractivity contribution is 6.39. The van der Waals surface area contributed by atoms with E-state index in [1.807, 2.05) is 31.2 Å². The van der Waals surface area contributed by atoms with Crippen molar-refractivity contribution in [2.45, 2.75) is 6.92 Å². The highest BCUT2D eigenvalue weighted by Gasteiger charge is 2.17. The Bertz CT molecular complexity index is 1540. The number of nitrogens with one attached hydrogen (secondary N) is 2. The van der Waals surface area contributed by atoms with Gasteiger partial charge in [0.2, 0.25) is 0 Å². The number of ether oxygens (including phenoxy) is 2. The predicted molar refractivity (Wildman–Crippen MR) is 147 cm³/mol. The Morgan fingerprint density at radius 2 is 1.68 bits per heavy atom. The lowest BCUT2D eigenvalue weighted by atomic mass is 10.0. The molecule has 2 amide bonds. The molecule has 0 aliphatic carbocycles. The summed E-state index contributed by atoms with van der Waals surface area (Å²) in [5, 5.41) is 8.48. The number of benzene rings is 4. The van der Waals surface area contributed by atoms with E-state index >= 15 is 0 Å². The smallest absolute Gasteiger partial charge is 0.345 e.